The van der Waals surface area contributed by atoms with Crippen LogP contribution in [-0.2, 0) is 41.9 Å². The lowest BCUT2D eigenvalue weighted by Crippen LogP contribution is -2.55. The maximum Gasteiger partial charge on any atom is 0.490 e. The molecule has 286 valence electrons. The van der Waals surface area contributed by atoms with E-state index in [1.807, 2.05) is 35.8 Å². The first-order valence-electron chi connectivity index (χ1n) is 16.4. The molecule has 0 aliphatic carbocycles. The van der Waals surface area contributed by atoms with Gasteiger partial charge in [0.05, 0.1) is 35.6 Å². The number of aliphatic hydroxyl groups is 1. The summed E-state index contributed by atoms with van der Waals surface area (Å²) in [6.07, 6.45) is -4.73. The summed E-state index contributed by atoms with van der Waals surface area (Å²) in [5.74, 6) is -5.22. The minimum Gasteiger partial charge on any atom is -0.481 e. The molecule has 0 radical (unpaired) electrons. The number of imidazole rings is 1. The van der Waals surface area contributed by atoms with Crippen molar-refractivity contribution in [2.45, 2.75) is 96.9 Å². The fourth-order valence-corrected chi connectivity index (χ4v) is 5.60. The molecule has 7 N–H and O–H groups in total. The maximum absolute atomic E-state index is 13.8. The third kappa shape index (κ3) is 10.6. The molecule has 1 aromatic carbocycles. The second-order valence-electron chi connectivity index (χ2n) is 13.2. The molecule has 0 unspecified atom stereocenters. The topological polar surface area (TPSA) is 239 Å². The maximum atomic E-state index is 13.8. The van der Waals surface area contributed by atoms with E-state index >= 15 is 0 Å². The number of benzene rings is 1. The monoisotopic (exact) mass is 739 g/mol. The first-order valence-corrected chi connectivity index (χ1v) is 16.4. The Kier molecular flexibility index (Phi) is 13.7. The molecule has 1 fully saturated rings. The van der Waals surface area contributed by atoms with Gasteiger partial charge >= 0.3 is 18.1 Å². The van der Waals surface area contributed by atoms with E-state index in [0.717, 1.165) is 5.39 Å². The van der Waals surface area contributed by atoms with Gasteiger partial charge in [-0.2, -0.15) is 13.2 Å². The van der Waals surface area contributed by atoms with Crippen LogP contribution in [0.1, 0.15) is 59.7 Å². The van der Waals surface area contributed by atoms with Crippen molar-refractivity contribution in [1.82, 2.24) is 24.8 Å². The molecule has 0 bridgehead atoms. The fourth-order valence-electron chi connectivity index (χ4n) is 5.60. The van der Waals surface area contributed by atoms with Gasteiger partial charge in [0, 0.05) is 18.5 Å². The number of carbonyl (C=O) groups excluding carboxylic acids is 3. The van der Waals surface area contributed by atoms with E-state index in [1.54, 1.807) is 27.7 Å². The van der Waals surface area contributed by atoms with Crippen molar-refractivity contribution in [3.05, 3.63) is 30.1 Å². The molecule has 4 rings (SSSR count). The van der Waals surface area contributed by atoms with Crippen molar-refractivity contribution in [2.24, 2.45) is 11.7 Å². The lowest BCUT2D eigenvalue weighted by molar-refractivity contribution is -0.192. The second kappa shape index (κ2) is 17.1. The van der Waals surface area contributed by atoms with Crippen molar-refractivity contribution < 1.29 is 57.2 Å². The van der Waals surface area contributed by atoms with Crippen molar-refractivity contribution in [3.63, 3.8) is 0 Å². The number of carboxylic acid groups (broad SMARTS) is 2. The van der Waals surface area contributed by atoms with Crippen LogP contribution in [0.4, 0.5) is 19.0 Å². The van der Waals surface area contributed by atoms with Crippen LogP contribution in [0.3, 0.4) is 0 Å². The molecule has 1 aliphatic heterocycles. The summed E-state index contributed by atoms with van der Waals surface area (Å²) < 4.78 is 39.3. The predicted molar refractivity (Wildman–Crippen MR) is 181 cm³/mol. The zero-order chi connectivity index (χ0) is 39.1. The van der Waals surface area contributed by atoms with Crippen LogP contribution < -0.4 is 16.4 Å². The van der Waals surface area contributed by atoms with Gasteiger partial charge in [-0.1, -0.05) is 32.0 Å². The third-order valence-corrected chi connectivity index (χ3v) is 7.92. The Labute approximate surface area is 296 Å². The van der Waals surface area contributed by atoms with E-state index in [9.17, 15) is 37.5 Å². The molecule has 0 spiro atoms. The van der Waals surface area contributed by atoms with Gasteiger partial charge in [-0.05, 0) is 45.6 Å². The highest BCUT2D eigenvalue weighted by atomic mass is 19.4. The summed E-state index contributed by atoms with van der Waals surface area (Å²) in [7, 11) is 0. The van der Waals surface area contributed by atoms with Gasteiger partial charge in [-0.3, -0.25) is 19.2 Å². The number of rotatable bonds is 13. The first kappa shape index (κ1) is 41.5. The van der Waals surface area contributed by atoms with E-state index < -0.39 is 66.0 Å². The van der Waals surface area contributed by atoms with Crippen LogP contribution in [0.25, 0.3) is 21.9 Å². The lowest BCUT2D eigenvalue weighted by atomic mass is 10.0. The largest absolute Gasteiger partial charge is 0.490 e. The Bertz CT molecular complexity index is 1790. The van der Waals surface area contributed by atoms with Crippen molar-refractivity contribution >= 4 is 57.4 Å². The van der Waals surface area contributed by atoms with Crippen molar-refractivity contribution in [1.29, 1.82) is 0 Å². The number of para-hydroxylation sites is 1. The fraction of sp³-hybridized carbons (Fsp3) is 0.545. The van der Waals surface area contributed by atoms with Crippen molar-refractivity contribution in [3.8, 4) is 0 Å². The Morgan fingerprint density at radius 3 is 2.29 bits per heavy atom. The Morgan fingerprint density at radius 2 is 1.73 bits per heavy atom. The molecule has 3 heterocycles. The van der Waals surface area contributed by atoms with Gasteiger partial charge in [-0.15, -0.1) is 0 Å². The molecule has 3 aromatic rings. The second-order valence-corrected chi connectivity index (χ2v) is 13.2. The number of aromatic nitrogens is 3. The number of fused-ring (bicyclic) bond motifs is 3. The first-order chi connectivity index (χ1) is 24.2. The summed E-state index contributed by atoms with van der Waals surface area (Å²) in [5, 5.41) is 33.4. The molecule has 3 atom stereocenters. The number of amides is 3. The summed E-state index contributed by atoms with van der Waals surface area (Å²) in [5.41, 5.74) is 6.41. The van der Waals surface area contributed by atoms with Crippen LogP contribution in [-0.4, -0.2) is 107 Å². The highest BCUT2D eigenvalue weighted by Gasteiger charge is 2.39. The Hall–Kier alpha value is -4.88. The molecule has 1 saturated heterocycles. The molecular formula is C33H44F3N7O9. The number of halogens is 3. The summed E-state index contributed by atoms with van der Waals surface area (Å²) >= 11 is 0. The number of likely N-dealkylation sites (tertiary alicyclic amines) is 1. The molecular weight excluding hydrogens is 695 g/mol. The highest BCUT2D eigenvalue weighted by molar-refractivity contribution is 6.10. The Balaban J connectivity index is 0.000000944. The van der Waals surface area contributed by atoms with Gasteiger partial charge in [0.25, 0.3) is 0 Å². The Morgan fingerprint density at radius 1 is 1.10 bits per heavy atom. The van der Waals surface area contributed by atoms with Gasteiger partial charge in [0.2, 0.25) is 17.7 Å². The number of carboxylic acids is 2. The normalized spacial score (nSPS) is 16.0. The van der Waals surface area contributed by atoms with E-state index in [0.29, 0.717) is 41.8 Å². The smallest absolute Gasteiger partial charge is 0.481 e. The minimum atomic E-state index is -5.08. The number of hydrogen-bond acceptors (Lipinski definition) is 10. The summed E-state index contributed by atoms with van der Waals surface area (Å²) in [6, 6.07) is 4.28. The number of nitrogens with one attached hydrogen (secondary N) is 2. The summed E-state index contributed by atoms with van der Waals surface area (Å²) in [4.78, 5) is 70.8. The zero-order valence-corrected chi connectivity index (χ0v) is 29.4. The van der Waals surface area contributed by atoms with Gasteiger partial charge in [0.15, 0.2) is 5.82 Å². The molecule has 2 aromatic heterocycles. The third-order valence-electron chi connectivity index (χ3n) is 7.92. The average Bonchev–Trinajstić information content (AvgIpc) is 3.66. The number of carbonyl (C=O) groups is 5. The predicted octanol–water partition coefficient (Wildman–Crippen LogP) is 2.40. The molecule has 19 heteroatoms. The molecule has 16 nitrogen and oxygen atoms in total. The van der Waals surface area contributed by atoms with Gasteiger partial charge in [0.1, 0.15) is 30.0 Å². The van der Waals surface area contributed by atoms with Crippen LogP contribution in [0.5, 0.6) is 0 Å². The standard InChI is InChI=1S/C31H43N7O7.C2HF3O2/c1-6-45-15-22-34-25-26(38(22)16-31(4,5)44)18-10-7-8-11-20(18)33-27(25)36-29(42)24(17(2)3)35-28(41)21-12-9-13-37(21)30(43)19(32)14-23(39)40;3-2(4,5)1(6)7/h7-8,10-11,17,19,21,24,44H,6,9,12-16,32H2,1-5H3,(H,35,41)(H,39,40)(H,33,36,42);(H,6,7)/t19-,21-,24-;/m0./s1. The molecule has 52 heavy (non-hydrogen) atoms. The van der Waals surface area contributed by atoms with Gasteiger partial charge in [-0.25, -0.2) is 14.8 Å². The van der Waals surface area contributed by atoms with Crippen LogP contribution in [0.15, 0.2) is 24.3 Å². The number of hydrogen-bond donors (Lipinski definition) is 6. The number of ether oxygens (including phenoxy) is 1. The number of nitrogens with two attached hydrogens (primary N) is 1. The van der Waals surface area contributed by atoms with E-state index in [-0.39, 0.29) is 31.4 Å². The average molecular weight is 740 g/mol. The zero-order valence-electron chi connectivity index (χ0n) is 29.4. The SMILES string of the molecule is CCOCc1nc2c(NC(=O)[C@@H](NC(=O)[C@@H]3CCCN3C(=O)[C@@H](N)CC(=O)O)C(C)C)nc3ccccc3c2n1CC(C)(C)O.O=C(O)C(F)(F)F. The van der Waals surface area contributed by atoms with Crippen LogP contribution >= 0.6 is 0 Å². The quantitative estimate of drug-likeness (QED) is 0.148. The molecule has 0 saturated carbocycles. The minimum absolute atomic E-state index is 0.181. The lowest BCUT2D eigenvalue weighted by Gasteiger charge is -2.29. The molecule has 1 aliphatic rings. The van der Waals surface area contributed by atoms with Gasteiger partial charge < -0.3 is 45.9 Å². The van der Waals surface area contributed by atoms with Crippen LogP contribution in [0, 0.1) is 5.92 Å². The van der Waals surface area contributed by atoms with E-state index in [1.165, 1.54) is 4.90 Å². The number of anilines is 1. The number of nitrogens with zero attached hydrogens (tertiary/aromatic N) is 4. The van der Waals surface area contributed by atoms with E-state index in [2.05, 4.69) is 10.6 Å². The number of aliphatic carboxylic acids is 2. The number of alkyl halides is 3. The van der Waals surface area contributed by atoms with Crippen molar-refractivity contribution in [2.75, 3.05) is 18.5 Å². The van der Waals surface area contributed by atoms with Crippen LogP contribution in [0.2, 0.25) is 0 Å². The summed E-state index contributed by atoms with van der Waals surface area (Å²) in [6.45, 7) is 9.95. The highest BCUT2D eigenvalue weighted by Crippen LogP contribution is 2.32. The molecule has 3 amide bonds. The number of pyridine rings is 1. The van der Waals surface area contributed by atoms with E-state index in [4.69, 9.17) is 35.4 Å².